The molecule has 1 aromatic carbocycles. The van der Waals surface area contributed by atoms with Crippen molar-refractivity contribution >= 4 is 33.4 Å². The monoisotopic (exact) mass is 454 g/mol. The lowest BCUT2D eigenvalue weighted by atomic mass is 10.1. The lowest BCUT2D eigenvalue weighted by Crippen LogP contribution is -2.19. The van der Waals surface area contributed by atoms with Crippen molar-refractivity contribution in [3.05, 3.63) is 61.1 Å². The molecule has 0 bridgehead atoms. The molecule has 1 aliphatic heterocycles. The number of hydrogen-bond acceptors (Lipinski definition) is 7. The summed E-state index contributed by atoms with van der Waals surface area (Å²) in [5.41, 5.74) is 9.94. The highest BCUT2D eigenvalue weighted by atomic mass is 16.5. The van der Waals surface area contributed by atoms with E-state index in [1.165, 1.54) is 0 Å². The van der Waals surface area contributed by atoms with Crippen LogP contribution >= 0.6 is 0 Å². The predicted molar refractivity (Wildman–Crippen MR) is 132 cm³/mol. The van der Waals surface area contributed by atoms with Gasteiger partial charge >= 0.3 is 0 Å². The van der Waals surface area contributed by atoms with Crippen LogP contribution in [0.5, 0.6) is 0 Å². The normalized spacial score (nSPS) is 16.3. The van der Waals surface area contributed by atoms with E-state index in [1.54, 1.807) is 6.20 Å². The Balaban J connectivity index is 1.30. The van der Waals surface area contributed by atoms with Crippen molar-refractivity contribution in [3.8, 4) is 11.3 Å². The third kappa shape index (κ3) is 3.84. The molecule has 0 aliphatic carbocycles. The second kappa shape index (κ2) is 8.75. The Morgan fingerprint density at radius 2 is 2.06 bits per heavy atom. The highest BCUT2D eigenvalue weighted by Gasteiger charge is 2.20. The molecule has 1 aliphatic rings. The molecule has 0 radical (unpaired) electrons. The molecular weight excluding hydrogens is 428 g/mol. The number of nitrogens with two attached hydrogens (primary N) is 1. The molecule has 6 rings (SSSR count). The molecule has 9 heteroatoms. The molecule has 34 heavy (non-hydrogen) atoms. The predicted octanol–water partition coefficient (Wildman–Crippen LogP) is 4.24. The van der Waals surface area contributed by atoms with E-state index in [0.717, 1.165) is 64.8 Å². The molecule has 0 saturated carbocycles. The fourth-order valence-electron chi connectivity index (χ4n) is 4.57. The van der Waals surface area contributed by atoms with Gasteiger partial charge in [0.2, 0.25) is 0 Å². The molecule has 172 valence electrons. The van der Waals surface area contributed by atoms with Gasteiger partial charge in [-0.1, -0.05) is 18.2 Å². The largest absolute Gasteiger partial charge is 0.382 e. The zero-order chi connectivity index (χ0) is 22.9. The molecule has 4 aromatic heterocycles. The van der Waals surface area contributed by atoms with E-state index < -0.39 is 0 Å². The fourth-order valence-corrected chi connectivity index (χ4v) is 4.57. The summed E-state index contributed by atoms with van der Waals surface area (Å²) in [6, 6.07) is 14.1. The van der Waals surface area contributed by atoms with Crippen molar-refractivity contribution < 1.29 is 4.74 Å². The van der Waals surface area contributed by atoms with Crippen molar-refractivity contribution in [2.24, 2.45) is 0 Å². The highest BCUT2D eigenvalue weighted by molar-refractivity contribution is 6.08. The van der Waals surface area contributed by atoms with Crippen LogP contribution in [0.25, 0.3) is 33.1 Å². The van der Waals surface area contributed by atoms with Crippen molar-refractivity contribution in [1.29, 1.82) is 0 Å². The summed E-state index contributed by atoms with van der Waals surface area (Å²) in [4.78, 5) is 8.96. The van der Waals surface area contributed by atoms with Crippen LogP contribution in [0.1, 0.15) is 25.5 Å². The number of pyridine rings is 2. The van der Waals surface area contributed by atoms with Crippen LogP contribution in [0.15, 0.2) is 61.1 Å². The molecule has 1 saturated heterocycles. The van der Waals surface area contributed by atoms with Crippen LogP contribution in [0.4, 0.5) is 11.6 Å². The summed E-state index contributed by atoms with van der Waals surface area (Å²) in [7, 11) is 0. The van der Waals surface area contributed by atoms with Crippen LogP contribution in [0.3, 0.4) is 0 Å². The maximum absolute atomic E-state index is 6.32. The summed E-state index contributed by atoms with van der Waals surface area (Å²) in [5, 5.41) is 14.5. The number of nitrogens with one attached hydrogen (secondary N) is 1. The lowest BCUT2D eigenvalue weighted by molar-refractivity contribution is -0.0383. The van der Waals surface area contributed by atoms with Gasteiger partial charge in [0.05, 0.1) is 17.8 Å². The molecule has 0 amide bonds. The zero-order valence-corrected chi connectivity index (χ0v) is 18.8. The lowest BCUT2D eigenvalue weighted by Gasteiger charge is -2.24. The summed E-state index contributed by atoms with van der Waals surface area (Å²) >= 11 is 0. The molecule has 1 unspecified atom stereocenters. The maximum Gasteiger partial charge on any atom is 0.152 e. The standard InChI is InChI=1S/C25H26N8O/c26-25-24-19(16-32(31-24)13-12-28-22-5-1-3-10-27-22)18-8-7-17(15-20(18)30-25)21-9-11-29-33(21)23-6-2-4-14-34-23/h1,3,5,7-11,15-16,23H,2,4,6,12-14H2,(H2,26,30)(H,27,28). The fraction of sp³-hybridized carbons (Fsp3) is 0.280. The Labute approximate surface area is 196 Å². The summed E-state index contributed by atoms with van der Waals surface area (Å²) in [5.74, 6) is 1.27. The maximum atomic E-state index is 6.32. The Morgan fingerprint density at radius 3 is 2.91 bits per heavy atom. The average molecular weight is 455 g/mol. The van der Waals surface area contributed by atoms with Crippen molar-refractivity contribution in [1.82, 2.24) is 29.5 Å². The van der Waals surface area contributed by atoms with Gasteiger partial charge in [-0.15, -0.1) is 0 Å². The molecular formula is C25H26N8O. The minimum absolute atomic E-state index is 0.0205. The Morgan fingerprint density at radius 1 is 1.09 bits per heavy atom. The van der Waals surface area contributed by atoms with Crippen LogP contribution in [-0.2, 0) is 11.3 Å². The Hall–Kier alpha value is -3.98. The van der Waals surface area contributed by atoms with E-state index in [4.69, 9.17) is 10.5 Å². The zero-order valence-electron chi connectivity index (χ0n) is 18.8. The van der Waals surface area contributed by atoms with E-state index in [-0.39, 0.29) is 6.23 Å². The van der Waals surface area contributed by atoms with Gasteiger partial charge in [-0.3, -0.25) is 4.68 Å². The topological polar surface area (TPSA) is 109 Å². The van der Waals surface area contributed by atoms with Gasteiger partial charge in [0.15, 0.2) is 12.0 Å². The first-order chi connectivity index (χ1) is 16.8. The van der Waals surface area contributed by atoms with Gasteiger partial charge in [0, 0.05) is 48.1 Å². The molecule has 0 spiro atoms. The van der Waals surface area contributed by atoms with Gasteiger partial charge in [-0.05, 0) is 43.5 Å². The second-order valence-electron chi connectivity index (χ2n) is 8.51. The number of aromatic nitrogens is 6. The smallest absolute Gasteiger partial charge is 0.152 e. The van der Waals surface area contributed by atoms with Gasteiger partial charge in [-0.2, -0.15) is 10.2 Å². The Bertz CT molecular complexity index is 1440. The van der Waals surface area contributed by atoms with Gasteiger partial charge in [0.1, 0.15) is 11.3 Å². The van der Waals surface area contributed by atoms with E-state index in [0.29, 0.717) is 18.9 Å². The van der Waals surface area contributed by atoms with E-state index in [1.807, 2.05) is 46.0 Å². The average Bonchev–Trinajstić information content (AvgIpc) is 3.53. The molecule has 1 fully saturated rings. The van der Waals surface area contributed by atoms with Gasteiger partial charge in [0.25, 0.3) is 0 Å². The minimum atomic E-state index is -0.0205. The van der Waals surface area contributed by atoms with Gasteiger partial charge < -0.3 is 15.8 Å². The summed E-state index contributed by atoms with van der Waals surface area (Å²) in [6.07, 6.45) is 8.84. The number of fused-ring (bicyclic) bond motifs is 3. The van der Waals surface area contributed by atoms with E-state index in [2.05, 4.69) is 43.7 Å². The highest BCUT2D eigenvalue weighted by Crippen LogP contribution is 2.32. The first kappa shape index (κ1) is 20.6. The number of hydrogen-bond donors (Lipinski definition) is 2. The molecule has 3 N–H and O–H groups in total. The number of anilines is 2. The summed E-state index contributed by atoms with van der Waals surface area (Å²) < 4.78 is 9.84. The molecule has 5 heterocycles. The van der Waals surface area contributed by atoms with Crippen LogP contribution in [0, 0.1) is 0 Å². The quantitative estimate of drug-likeness (QED) is 0.395. The first-order valence-corrected chi connectivity index (χ1v) is 11.6. The van der Waals surface area contributed by atoms with Crippen LogP contribution in [-0.4, -0.2) is 42.7 Å². The molecule has 5 aromatic rings. The van der Waals surface area contributed by atoms with E-state index >= 15 is 0 Å². The number of nitrogen functional groups attached to an aromatic ring is 1. The first-order valence-electron chi connectivity index (χ1n) is 11.6. The third-order valence-electron chi connectivity index (χ3n) is 6.24. The van der Waals surface area contributed by atoms with Crippen molar-refractivity contribution in [2.45, 2.75) is 32.0 Å². The number of benzene rings is 1. The number of ether oxygens (including phenoxy) is 1. The molecule has 1 atom stereocenters. The number of rotatable bonds is 6. The summed E-state index contributed by atoms with van der Waals surface area (Å²) in [6.45, 7) is 2.16. The second-order valence-corrected chi connectivity index (χ2v) is 8.51. The Kier molecular flexibility index (Phi) is 5.31. The van der Waals surface area contributed by atoms with E-state index in [9.17, 15) is 0 Å². The number of nitrogens with zero attached hydrogens (tertiary/aromatic N) is 6. The minimum Gasteiger partial charge on any atom is -0.382 e. The molecule has 9 nitrogen and oxygen atoms in total. The van der Waals surface area contributed by atoms with Gasteiger partial charge in [-0.25, -0.2) is 14.6 Å². The van der Waals surface area contributed by atoms with Crippen molar-refractivity contribution in [2.75, 3.05) is 24.2 Å². The van der Waals surface area contributed by atoms with Crippen LogP contribution < -0.4 is 11.1 Å². The van der Waals surface area contributed by atoms with Crippen molar-refractivity contribution in [3.63, 3.8) is 0 Å². The third-order valence-corrected chi connectivity index (χ3v) is 6.24. The SMILES string of the molecule is Nc1nc2cc(-c3ccnn3C3CCCCO3)ccc2c2cn(CCNc3ccccn3)nc12. The van der Waals surface area contributed by atoms with Crippen LogP contribution in [0.2, 0.25) is 0 Å².